The Bertz CT molecular complexity index is 496. The third kappa shape index (κ3) is 3.66. The lowest BCUT2D eigenvalue weighted by molar-refractivity contribution is -0.121. The minimum absolute atomic E-state index is 0.126. The van der Waals surface area contributed by atoms with Crippen molar-refractivity contribution in [1.29, 1.82) is 5.26 Å². The van der Waals surface area contributed by atoms with Crippen LogP contribution in [0, 0.1) is 11.3 Å². The number of ether oxygens (including phenoxy) is 1. The number of amides is 3. The molecule has 0 bridgehead atoms. The van der Waals surface area contributed by atoms with E-state index < -0.39 is 18.5 Å². The molecule has 0 aliphatic rings. The Labute approximate surface area is 102 Å². The minimum Gasteiger partial charge on any atom is -0.482 e. The Morgan fingerprint density at radius 1 is 1.53 bits per heavy atom. The number of primary amides is 1. The average molecular weight is 254 g/mol. The van der Waals surface area contributed by atoms with E-state index in [0.29, 0.717) is 0 Å². The summed E-state index contributed by atoms with van der Waals surface area (Å²) < 4.78 is 5.04. The lowest BCUT2D eigenvalue weighted by Gasteiger charge is -2.07. The standard InChI is InChI=1S/C10H8ClN3O3/c11-7-2-1-3-8(6(7)4-12)17-5-9(15)14-10(13)16/h1-3H,5H2,(H3,13,14,15,16). The minimum atomic E-state index is -0.967. The van der Waals surface area contributed by atoms with Gasteiger partial charge in [0.1, 0.15) is 17.4 Å². The Kier molecular flexibility index (Phi) is 4.31. The highest BCUT2D eigenvalue weighted by atomic mass is 35.5. The fourth-order valence-electron chi connectivity index (χ4n) is 1.05. The topological polar surface area (TPSA) is 105 Å². The van der Waals surface area contributed by atoms with Gasteiger partial charge in [0.05, 0.1) is 5.02 Å². The highest BCUT2D eigenvalue weighted by molar-refractivity contribution is 6.31. The number of carbonyl (C=O) groups excluding carboxylic acids is 2. The third-order valence-corrected chi connectivity index (χ3v) is 2.02. The van der Waals surface area contributed by atoms with Crippen molar-refractivity contribution >= 4 is 23.5 Å². The van der Waals surface area contributed by atoms with Gasteiger partial charge in [0.15, 0.2) is 6.61 Å². The van der Waals surface area contributed by atoms with E-state index in [4.69, 9.17) is 27.3 Å². The molecule has 0 fully saturated rings. The predicted octanol–water partition coefficient (Wildman–Crippen LogP) is 0.785. The molecule has 3 N–H and O–H groups in total. The van der Waals surface area contributed by atoms with Gasteiger partial charge in [-0.15, -0.1) is 0 Å². The first-order valence-electron chi connectivity index (χ1n) is 4.45. The van der Waals surface area contributed by atoms with Gasteiger partial charge >= 0.3 is 6.03 Å². The highest BCUT2D eigenvalue weighted by Gasteiger charge is 2.10. The number of carbonyl (C=O) groups is 2. The number of benzene rings is 1. The molecule has 0 unspecified atom stereocenters. The smallest absolute Gasteiger partial charge is 0.318 e. The summed E-state index contributed by atoms with van der Waals surface area (Å²) in [6, 6.07) is 5.47. The summed E-state index contributed by atoms with van der Waals surface area (Å²) in [6.07, 6.45) is 0. The first kappa shape index (κ1) is 12.8. The first-order valence-corrected chi connectivity index (χ1v) is 4.83. The molecular weight excluding hydrogens is 246 g/mol. The summed E-state index contributed by atoms with van der Waals surface area (Å²) in [4.78, 5) is 21.4. The van der Waals surface area contributed by atoms with Gasteiger partial charge < -0.3 is 10.5 Å². The van der Waals surface area contributed by atoms with E-state index in [0.717, 1.165) is 0 Å². The van der Waals surface area contributed by atoms with Crippen molar-refractivity contribution < 1.29 is 14.3 Å². The van der Waals surface area contributed by atoms with Crippen LogP contribution in [0.5, 0.6) is 5.75 Å². The van der Waals surface area contributed by atoms with E-state index >= 15 is 0 Å². The normalized spacial score (nSPS) is 9.18. The lowest BCUT2D eigenvalue weighted by Crippen LogP contribution is -2.38. The number of hydrogen-bond acceptors (Lipinski definition) is 4. The summed E-state index contributed by atoms with van der Waals surface area (Å²) in [5.41, 5.74) is 4.87. The molecule has 17 heavy (non-hydrogen) atoms. The maximum absolute atomic E-state index is 11.1. The zero-order valence-corrected chi connectivity index (χ0v) is 9.32. The molecule has 1 aromatic rings. The summed E-state index contributed by atoms with van der Waals surface area (Å²) in [5, 5.41) is 10.9. The van der Waals surface area contributed by atoms with E-state index in [2.05, 4.69) is 0 Å². The monoisotopic (exact) mass is 253 g/mol. The maximum Gasteiger partial charge on any atom is 0.318 e. The molecule has 7 heteroatoms. The van der Waals surface area contributed by atoms with Crippen molar-refractivity contribution in [3.63, 3.8) is 0 Å². The van der Waals surface area contributed by atoms with Gasteiger partial charge in [-0.25, -0.2) is 4.79 Å². The molecule has 0 heterocycles. The summed E-state index contributed by atoms with van der Waals surface area (Å²) in [7, 11) is 0. The van der Waals surface area contributed by atoms with Crippen LogP contribution in [-0.2, 0) is 4.79 Å². The Hall–Kier alpha value is -2.26. The van der Waals surface area contributed by atoms with E-state index in [-0.39, 0.29) is 16.3 Å². The number of urea groups is 1. The van der Waals surface area contributed by atoms with Crippen LogP contribution >= 0.6 is 11.6 Å². The second-order valence-corrected chi connectivity index (χ2v) is 3.33. The van der Waals surface area contributed by atoms with Crippen LogP contribution in [0.3, 0.4) is 0 Å². The molecule has 0 radical (unpaired) electrons. The quantitative estimate of drug-likeness (QED) is 0.830. The van der Waals surface area contributed by atoms with Crippen molar-refractivity contribution in [2.75, 3.05) is 6.61 Å². The van der Waals surface area contributed by atoms with Crippen LogP contribution in [0.25, 0.3) is 0 Å². The van der Waals surface area contributed by atoms with Crippen LogP contribution in [0.2, 0.25) is 5.02 Å². The fourth-order valence-corrected chi connectivity index (χ4v) is 1.26. The number of halogens is 1. The molecule has 3 amide bonds. The van der Waals surface area contributed by atoms with Crippen molar-refractivity contribution in [3.05, 3.63) is 28.8 Å². The lowest BCUT2D eigenvalue weighted by atomic mass is 10.2. The van der Waals surface area contributed by atoms with Crippen molar-refractivity contribution in [3.8, 4) is 11.8 Å². The molecule has 1 aromatic carbocycles. The second kappa shape index (κ2) is 5.72. The number of nitrogens with zero attached hydrogens (tertiary/aromatic N) is 1. The number of nitrogens with one attached hydrogen (secondary N) is 1. The zero-order chi connectivity index (χ0) is 12.8. The van der Waals surface area contributed by atoms with E-state index in [1.54, 1.807) is 6.07 Å². The van der Waals surface area contributed by atoms with Crippen molar-refractivity contribution in [2.45, 2.75) is 0 Å². The molecule has 0 aliphatic carbocycles. The zero-order valence-electron chi connectivity index (χ0n) is 8.57. The van der Waals surface area contributed by atoms with E-state index in [1.165, 1.54) is 12.1 Å². The number of rotatable bonds is 3. The summed E-state index contributed by atoms with van der Waals surface area (Å²) >= 11 is 5.75. The van der Waals surface area contributed by atoms with Gasteiger partial charge in [-0.2, -0.15) is 5.26 Å². The second-order valence-electron chi connectivity index (χ2n) is 2.93. The molecule has 0 aliphatic heterocycles. The molecule has 0 spiro atoms. The maximum atomic E-state index is 11.1. The first-order chi connectivity index (χ1) is 8.04. The molecule has 0 atom stereocenters. The van der Waals surface area contributed by atoms with Gasteiger partial charge in [0.2, 0.25) is 0 Å². The predicted molar refractivity (Wildman–Crippen MR) is 59.4 cm³/mol. The van der Waals surface area contributed by atoms with Crippen LogP contribution in [0.1, 0.15) is 5.56 Å². The van der Waals surface area contributed by atoms with Crippen LogP contribution in [0.15, 0.2) is 18.2 Å². The van der Waals surface area contributed by atoms with E-state index in [1.807, 2.05) is 11.4 Å². The Balaban J connectivity index is 2.70. The number of hydrogen-bond donors (Lipinski definition) is 2. The Morgan fingerprint density at radius 3 is 2.82 bits per heavy atom. The molecule has 0 aromatic heterocycles. The van der Waals surface area contributed by atoms with Crippen LogP contribution in [-0.4, -0.2) is 18.5 Å². The summed E-state index contributed by atoms with van der Waals surface area (Å²) in [6.45, 7) is -0.433. The van der Waals surface area contributed by atoms with Crippen LogP contribution < -0.4 is 15.8 Å². The average Bonchev–Trinajstić information content (AvgIpc) is 2.25. The molecule has 6 nitrogen and oxygen atoms in total. The molecule has 1 rings (SSSR count). The van der Waals surface area contributed by atoms with Gasteiger partial charge in [-0.05, 0) is 12.1 Å². The molecule has 0 saturated carbocycles. The van der Waals surface area contributed by atoms with Gasteiger partial charge in [0.25, 0.3) is 5.91 Å². The van der Waals surface area contributed by atoms with Gasteiger partial charge in [-0.1, -0.05) is 17.7 Å². The largest absolute Gasteiger partial charge is 0.482 e. The van der Waals surface area contributed by atoms with Gasteiger partial charge in [-0.3, -0.25) is 10.1 Å². The Morgan fingerprint density at radius 2 is 2.24 bits per heavy atom. The number of imide groups is 1. The van der Waals surface area contributed by atoms with Crippen molar-refractivity contribution in [1.82, 2.24) is 5.32 Å². The fraction of sp³-hybridized carbons (Fsp3) is 0.100. The SMILES string of the molecule is N#Cc1c(Cl)cccc1OCC(=O)NC(N)=O. The van der Waals surface area contributed by atoms with E-state index in [9.17, 15) is 9.59 Å². The summed E-state index contributed by atoms with van der Waals surface area (Å²) in [5.74, 6) is -0.541. The van der Waals surface area contributed by atoms with Crippen LogP contribution in [0.4, 0.5) is 4.79 Å². The highest BCUT2D eigenvalue weighted by Crippen LogP contribution is 2.25. The van der Waals surface area contributed by atoms with Gasteiger partial charge in [0, 0.05) is 0 Å². The molecular formula is C10H8ClN3O3. The molecule has 88 valence electrons. The third-order valence-electron chi connectivity index (χ3n) is 1.71. The number of nitriles is 1. The molecule has 0 saturated heterocycles. The van der Waals surface area contributed by atoms with Crippen molar-refractivity contribution in [2.24, 2.45) is 5.73 Å². The number of nitrogens with two attached hydrogens (primary N) is 1.